The maximum absolute atomic E-state index is 13.6. The molecule has 0 atom stereocenters. The highest BCUT2D eigenvalue weighted by Crippen LogP contribution is 2.29. The second-order valence-electron chi connectivity index (χ2n) is 9.23. The summed E-state index contributed by atoms with van der Waals surface area (Å²) in [5.41, 5.74) is 5.42. The Kier molecular flexibility index (Phi) is 10.2. The molecule has 42 heavy (non-hydrogen) atoms. The van der Waals surface area contributed by atoms with Crippen LogP contribution in [0.5, 0.6) is 17.2 Å². The lowest BCUT2D eigenvalue weighted by atomic mass is 10.2. The average molecular weight is 588 g/mol. The smallest absolute Gasteiger partial charge is 0.264 e. The van der Waals surface area contributed by atoms with Crippen LogP contribution in [0.3, 0.4) is 0 Å². The monoisotopic (exact) mass is 587 g/mol. The molecular formula is C32H33N3O6S. The third-order valence-corrected chi connectivity index (χ3v) is 7.95. The van der Waals surface area contributed by atoms with Crippen LogP contribution in [0.15, 0.2) is 107 Å². The number of amides is 1. The van der Waals surface area contributed by atoms with Crippen molar-refractivity contribution in [2.45, 2.75) is 25.3 Å². The first kappa shape index (κ1) is 30.1. The van der Waals surface area contributed by atoms with Gasteiger partial charge in [-0.2, -0.15) is 5.10 Å². The molecule has 0 heterocycles. The number of carbonyl (C=O) groups is 1. The van der Waals surface area contributed by atoms with Crippen LogP contribution in [0.4, 0.5) is 5.69 Å². The number of benzene rings is 4. The Balaban J connectivity index is 1.47. The van der Waals surface area contributed by atoms with Crippen LogP contribution >= 0.6 is 0 Å². The van der Waals surface area contributed by atoms with E-state index in [0.717, 1.165) is 15.4 Å². The molecule has 4 aromatic rings. The zero-order valence-corrected chi connectivity index (χ0v) is 24.5. The highest BCUT2D eigenvalue weighted by molar-refractivity contribution is 7.92. The fourth-order valence-corrected chi connectivity index (χ4v) is 5.39. The van der Waals surface area contributed by atoms with Crippen LogP contribution in [0.25, 0.3) is 0 Å². The highest BCUT2D eigenvalue weighted by Gasteiger charge is 2.27. The molecule has 9 nitrogen and oxygen atoms in total. The lowest BCUT2D eigenvalue weighted by Crippen LogP contribution is -2.39. The number of ether oxygens (including phenoxy) is 3. The minimum atomic E-state index is -4.07. The minimum absolute atomic E-state index is 0.0261. The van der Waals surface area contributed by atoms with Gasteiger partial charge in [0, 0.05) is 0 Å². The largest absolute Gasteiger partial charge is 0.497 e. The van der Waals surface area contributed by atoms with Crippen LogP contribution in [0.1, 0.15) is 23.6 Å². The number of nitrogens with one attached hydrogen (secondary N) is 1. The molecule has 0 bridgehead atoms. The Hall–Kier alpha value is -4.83. The first-order chi connectivity index (χ1) is 20.3. The van der Waals surface area contributed by atoms with Gasteiger partial charge < -0.3 is 14.2 Å². The van der Waals surface area contributed by atoms with Gasteiger partial charge in [-0.3, -0.25) is 9.10 Å². The molecular weight excluding hydrogens is 554 g/mol. The van der Waals surface area contributed by atoms with Gasteiger partial charge in [-0.1, -0.05) is 48.0 Å². The second-order valence-corrected chi connectivity index (χ2v) is 11.1. The summed E-state index contributed by atoms with van der Waals surface area (Å²) in [7, 11) is -2.57. The van der Waals surface area contributed by atoms with E-state index in [1.165, 1.54) is 25.5 Å². The van der Waals surface area contributed by atoms with E-state index >= 15 is 0 Å². The molecule has 0 unspecified atom stereocenters. The van der Waals surface area contributed by atoms with Gasteiger partial charge >= 0.3 is 0 Å². The van der Waals surface area contributed by atoms with Crippen molar-refractivity contribution >= 4 is 27.8 Å². The quantitative estimate of drug-likeness (QED) is 0.168. The van der Waals surface area contributed by atoms with Crippen molar-refractivity contribution in [2.24, 2.45) is 5.10 Å². The van der Waals surface area contributed by atoms with Crippen molar-refractivity contribution in [1.82, 2.24) is 5.43 Å². The van der Waals surface area contributed by atoms with Crippen molar-refractivity contribution in [2.75, 3.05) is 24.6 Å². The standard InChI is InChI=1S/C32H33N3O6S/c1-4-40-31-20-26(12-19-30(31)41-23-25-8-6-5-7-9-25)21-33-34-32(36)22-35(27-13-10-24(2)11-14-27)42(37,38)29-17-15-28(39-3)16-18-29/h5-21H,4,22-23H2,1-3H3,(H,34,36)/b33-21+. The number of nitrogens with zero attached hydrogens (tertiary/aromatic N) is 2. The molecule has 218 valence electrons. The molecule has 4 rings (SSSR count). The zero-order chi connectivity index (χ0) is 30.0. The number of rotatable bonds is 13. The van der Waals surface area contributed by atoms with Gasteiger partial charge in [0.25, 0.3) is 15.9 Å². The van der Waals surface area contributed by atoms with Crippen molar-refractivity contribution in [3.05, 3.63) is 114 Å². The molecule has 1 amide bonds. The molecule has 0 aliphatic heterocycles. The summed E-state index contributed by atoms with van der Waals surface area (Å²) < 4.78 is 45.0. The van der Waals surface area contributed by atoms with E-state index in [9.17, 15) is 13.2 Å². The molecule has 10 heteroatoms. The number of hydrogen-bond acceptors (Lipinski definition) is 7. The molecule has 4 aromatic carbocycles. The molecule has 0 saturated heterocycles. The molecule has 0 aromatic heterocycles. The average Bonchev–Trinajstić information content (AvgIpc) is 3.00. The van der Waals surface area contributed by atoms with E-state index in [-0.39, 0.29) is 4.90 Å². The van der Waals surface area contributed by atoms with Gasteiger partial charge in [-0.05, 0) is 79.6 Å². The van der Waals surface area contributed by atoms with E-state index in [2.05, 4.69) is 10.5 Å². The zero-order valence-electron chi connectivity index (χ0n) is 23.7. The number of methoxy groups -OCH3 is 1. The van der Waals surface area contributed by atoms with Crippen molar-refractivity contribution < 1.29 is 27.4 Å². The number of anilines is 1. The highest BCUT2D eigenvalue weighted by atomic mass is 32.2. The van der Waals surface area contributed by atoms with Crippen LogP contribution in [0, 0.1) is 6.92 Å². The van der Waals surface area contributed by atoms with Crippen molar-refractivity contribution in [3.63, 3.8) is 0 Å². The number of sulfonamides is 1. The van der Waals surface area contributed by atoms with E-state index in [1.54, 1.807) is 54.6 Å². The maximum atomic E-state index is 13.6. The summed E-state index contributed by atoms with van der Waals surface area (Å²) in [5, 5.41) is 4.05. The molecule has 0 spiro atoms. The van der Waals surface area contributed by atoms with Crippen molar-refractivity contribution in [3.8, 4) is 17.2 Å². The summed E-state index contributed by atoms with van der Waals surface area (Å²) in [4.78, 5) is 12.9. The maximum Gasteiger partial charge on any atom is 0.264 e. The number of hydrogen-bond donors (Lipinski definition) is 1. The SMILES string of the molecule is CCOc1cc(/C=N/NC(=O)CN(c2ccc(C)cc2)S(=O)(=O)c2ccc(OC)cc2)ccc1OCc1ccccc1. The van der Waals surface area contributed by atoms with Gasteiger partial charge in [0.1, 0.15) is 18.9 Å². The van der Waals surface area contributed by atoms with E-state index in [0.29, 0.717) is 41.7 Å². The van der Waals surface area contributed by atoms with E-state index in [1.807, 2.05) is 44.2 Å². The van der Waals surface area contributed by atoms with Gasteiger partial charge in [0.2, 0.25) is 0 Å². The summed E-state index contributed by atoms with van der Waals surface area (Å²) in [6.45, 7) is 4.12. The minimum Gasteiger partial charge on any atom is -0.497 e. The normalized spacial score (nSPS) is 11.2. The predicted octanol–water partition coefficient (Wildman–Crippen LogP) is 5.33. The third-order valence-electron chi connectivity index (χ3n) is 6.16. The van der Waals surface area contributed by atoms with Gasteiger partial charge in [0.05, 0.1) is 30.5 Å². The molecule has 0 fully saturated rings. The third kappa shape index (κ3) is 7.88. The Morgan fingerprint density at radius 3 is 2.29 bits per heavy atom. The first-order valence-electron chi connectivity index (χ1n) is 13.3. The molecule has 0 aliphatic carbocycles. The lowest BCUT2D eigenvalue weighted by molar-refractivity contribution is -0.119. The summed E-state index contributed by atoms with van der Waals surface area (Å²) in [6.07, 6.45) is 1.45. The lowest BCUT2D eigenvalue weighted by Gasteiger charge is -2.24. The molecule has 0 radical (unpaired) electrons. The van der Waals surface area contributed by atoms with Crippen molar-refractivity contribution in [1.29, 1.82) is 0 Å². The topological polar surface area (TPSA) is 107 Å². The summed E-state index contributed by atoms with van der Waals surface area (Å²) in [6, 6.07) is 28.0. The van der Waals surface area contributed by atoms with Gasteiger partial charge in [-0.25, -0.2) is 13.8 Å². The van der Waals surface area contributed by atoms with E-state index < -0.39 is 22.5 Å². The molecule has 1 N–H and O–H groups in total. The summed E-state index contributed by atoms with van der Waals surface area (Å²) in [5.74, 6) is 1.03. The Morgan fingerprint density at radius 1 is 0.905 bits per heavy atom. The number of carbonyl (C=O) groups excluding carboxylic acids is 1. The van der Waals surface area contributed by atoms with E-state index in [4.69, 9.17) is 14.2 Å². The molecule has 0 aliphatic rings. The van der Waals surface area contributed by atoms with Gasteiger partial charge in [0.15, 0.2) is 11.5 Å². The van der Waals surface area contributed by atoms with Crippen LogP contribution in [-0.2, 0) is 21.4 Å². The first-order valence-corrected chi connectivity index (χ1v) is 14.7. The Bertz CT molecular complexity index is 1610. The number of hydrazone groups is 1. The number of aryl methyl sites for hydroxylation is 1. The second kappa shape index (κ2) is 14.2. The Labute approximate surface area is 246 Å². The fraction of sp³-hybridized carbons (Fsp3) is 0.188. The molecule has 0 saturated carbocycles. The Morgan fingerprint density at radius 2 is 1.62 bits per heavy atom. The van der Waals surface area contributed by atoms with Crippen LogP contribution in [-0.4, -0.2) is 40.8 Å². The van der Waals surface area contributed by atoms with Crippen LogP contribution < -0.4 is 23.9 Å². The van der Waals surface area contributed by atoms with Crippen LogP contribution in [0.2, 0.25) is 0 Å². The summed E-state index contributed by atoms with van der Waals surface area (Å²) >= 11 is 0. The van der Waals surface area contributed by atoms with Gasteiger partial charge in [-0.15, -0.1) is 0 Å². The fourth-order valence-electron chi connectivity index (χ4n) is 3.97. The predicted molar refractivity (Wildman–Crippen MR) is 163 cm³/mol.